The van der Waals surface area contributed by atoms with Crippen LogP contribution >= 0.6 is 0 Å². The van der Waals surface area contributed by atoms with Gasteiger partial charge in [0.15, 0.2) is 0 Å². The number of halogens is 3. The molecule has 0 bridgehead atoms. The summed E-state index contributed by atoms with van der Waals surface area (Å²) in [5, 5.41) is 0. The number of hydrogen-bond acceptors (Lipinski definition) is 1. The lowest BCUT2D eigenvalue weighted by Crippen LogP contribution is -2.34. The molecule has 2 rings (SSSR count). The molecule has 1 unspecified atom stereocenters. The van der Waals surface area contributed by atoms with Crippen molar-refractivity contribution in [3.8, 4) is 5.75 Å². The Bertz CT molecular complexity index is 454. The van der Waals surface area contributed by atoms with E-state index in [1.807, 2.05) is 6.08 Å². The molecule has 0 spiro atoms. The molecule has 0 radical (unpaired) electrons. The minimum absolute atomic E-state index is 0.0142. The smallest absolute Gasteiger partial charge is 0.486 e. The second kappa shape index (κ2) is 5.08. The lowest BCUT2D eigenvalue weighted by molar-refractivity contribution is 0.228. The Morgan fingerprint density at radius 3 is 2.61 bits per heavy atom. The molecule has 0 amide bonds. The van der Waals surface area contributed by atoms with E-state index in [9.17, 15) is 12.9 Å². The number of allylic oxidation sites excluding steroid dienone is 1. The van der Waals surface area contributed by atoms with Crippen molar-refractivity contribution in [2.45, 2.75) is 32.3 Å². The van der Waals surface area contributed by atoms with Crippen molar-refractivity contribution in [1.29, 1.82) is 0 Å². The summed E-state index contributed by atoms with van der Waals surface area (Å²) in [6.07, 6.45) is 7.04. The zero-order chi connectivity index (χ0) is 13.2. The molecule has 5 heteroatoms. The first-order chi connectivity index (χ1) is 8.47. The maximum Gasteiger partial charge on any atom is 0.509 e. The van der Waals surface area contributed by atoms with Crippen LogP contribution in [-0.2, 0) is 0 Å². The predicted molar refractivity (Wildman–Crippen MR) is 67.3 cm³/mol. The molecule has 0 fully saturated rings. The van der Waals surface area contributed by atoms with Gasteiger partial charge in [0.05, 0.1) is 0 Å². The lowest BCUT2D eigenvalue weighted by atomic mass is 9.79. The van der Waals surface area contributed by atoms with Crippen LogP contribution in [0.15, 0.2) is 30.4 Å². The summed E-state index contributed by atoms with van der Waals surface area (Å²) in [4.78, 5) is 0. The van der Waals surface area contributed by atoms with Gasteiger partial charge in [-0.1, -0.05) is 18.2 Å². The highest BCUT2D eigenvalue weighted by Gasteiger charge is 2.26. The largest absolute Gasteiger partial charge is 0.509 e. The predicted octanol–water partition coefficient (Wildman–Crippen LogP) is 3.54. The summed E-state index contributed by atoms with van der Waals surface area (Å²) in [6, 6.07) is 3.67. The van der Waals surface area contributed by atoms with Gasteiger partial charge in [-0.15, -0.1) is 5.46 Å². The fraction of sp³-hybridized carbons (Fsp3) is 0.385. The minimum atomic E-state index is -4.93. The van der Waals surface area contributed by atoms with Gasteiger partial charge in [-0.2, -0.15) is 0 Å². The Labute approximate surface area is 105 Å². The standard InChI is InChI=1S/C13H15BF3O/c1-10-9-11(14(15,16)17)7-8-13(10)18-12-5-3-2-4-6-12/h3,5,7-9,12H,2,4,6H2,1H3/q-1. The summed E-state index contributed by atoms with van der Waals surface area (Å²) in [7, 11) is 0. The molecule has 1 aromatic carbocycles. The van der Waals surface area contributed by atoms with Crippen molar-refractivity contribution in [3.63, 3.8) is 0 Å². The molecule has 1 aliphatic carbocycles. The molecule has 98 valence electrons. The van der Waals surface area contributed by atoms with E-state index in [1.54, 1.807) is 6.92 Å². The van der Waals surface area contributed by atoms with E-state index in [-0.39, 0.29) is 6.10 Å². The molecule has 0 saturated heterocycles. The molecule has 0 N–H and O–H groups in total. The van der Waals surface area contributed by atoms with Gasteiger partial charge in [0.25, 0.3) is 0 Å². The Morgan fingerprint density at radius 2 is 2.06 bits per heavy atom. The Hall–Kier alpha value is -1.39. The Morgan fingerprint density at radius 1 is 1.28 bits per heavy atom. The van der Waals surface area contributed by atoms with Crippen LogP contribution in [0.2, 0.25) is 0 Å². The zero-order valence-electron chi connectivity index (χ0n) is 10.2. The van der Waals surface area contributed by atoms with Crippen LogP contribution in [-0.4, -0.2) is 13.1 Å². The number of rotatable bonds is 3. The fourth-order valence-corrected chi connectivity index (χ4v) is 2.05. The average Bonchev–Trinajstić information content (AvgIpc) is 2.32. The van der Waals surface area contributed by atoms with Gasteiger partial charge in [0.2, 0.25) is 0 Å². The third-order valence-corrected chi connectivity index (χ3v) is 3.07. The summed E-state index contributed by atoms with van der Waals surface area (Å²) in [5.74, 6) is 0.537. The van der Waals surface area contributed by atoms with Crippen LogP contribution in [0.25, 0.3) is 0 Å². The topological polar surface area (TPSA) is 9.23 Å². The molecule has 1 atom stereocenters. The Balaban J connectivity index is 2.14. The molecule has 0 aromatic heterocycles. The second-order valence-electron chi connectivity index (χ2n) is 4.62. The van der Waals surface area contributed by atoms with Crippen molar-refractivity contribution < 1.29 is 17.7 Å². The zero-order valence-corrected chi connectivity index (χ0v) is 10.2. The molecular formula is C13H15BF3O-. The molecule has 18 heavy (non-hydrogen) atoms. The van der Waals surface area contributed by atoms with E-state index in [1.165, 1.54) is 6.07 Å². The first kappa shape index (κ1) is 13.1. The summed E-state index contributed by atoms with van der Waals surface area (Å²) >= 11 is 0. The average molecular weight is 255 g/mol. The molecule has 1 aromatic rings. The SMILES string of the molecule is Cc1cc([B-](F)(F)F)ccc1OC1C=CCCC1. The van der Waals surface area contributed by atoms with E-state index < -0.39 is 12.4 Å². The van der Waals surface area contributed by atoms with Gasteiger partial charge in [0, 0.05) is 0 Å². The third kappa shape index (κ3) is 3.09. The summed E-state index contributed by atoms with van der Waals surface area (Å²) in [6.45, 7) is -3.29. The van der Waals surface area contributed by atoms with E-state index in [0.717, 1.165) is 31.4 Å². The number of hydrogen-bond donors (Lipinski definition) is 0. The van der Waals surface area contributed by atoms with Crippen molar-refractivity contribution in [2.75, 3.05) is 0 Å². The highest BCUT2D eigenvalue weighted by molar-refractivity contribution is 6.73. The number of ether oxygens (including phenoxy) is 1. The van der Waals surface area contributed by atoms with Gasteiger partial charge in [-0.05, 0) is 43.9 Å². The van der Waals surface area contributed by atoms with Gasteiger partial charge in [-0.3, -0.25) is 0 Å². The number of aryl methyl sites for hydroxylation is 1. The van der Waals surface area contributed by atoms with E-state index >= 15 is 0 Å². The minimum Gasteiger partial charge on any atom is -0.486 e. The monoisotopic (exact) mass is 255 g/mol. The normalized spacial score (nSPS) is 19.9. The van der Waals surface area contributed by atoms with Crippen molar-refractivity contribution >= 4 is 12.4 Å². The molecule has 0 saturated carbocycles. The van der Waals surface area contributed by atoms with Gasteiger partial charge in [0.1, 0.15) is 11.9 Å². The van der Waals surface area contributed by atoms with Crippen molar-refractivity contribution in [1.82, 2.24) is 0 Å². The van der Waals surface area contributed by atoms with E-state index in [0.29, 0.717) is 11.3 Å². The molecule has 1 nitrogen and oxygen atoms in total. The summed E-state index contributed by atoms with van der Waals surface area (Å²) in [5.41, 5.74) is -0.0373. The first-order valence-corrected chi connectivity index (χ1v) is 6.10. The van der Waals surface area contributed by atoms with Crippen LogP contribution in [0.4, 0.5) is 12.9 Å². The second-order valence-corrected chi connectivity index (χ2v) is 4.62. The van der Waals surface area contributed by atoms with Crippen LogP contribution in [0.5, 0.6) is 5.75 Å². The molecule has 0 aliphatic heterocycles. The van der Waals surface area contributed by atoms with Crippen molar-refractivity contribution in [3.05, 3.63) is 35.9 Å². The first-order valence-electron chi connectivity index (χ1n) is 6.10. The van der Waals surface area contributed by atoms with Crippen LogP contribution in [0, 0.1) is 6.92 Å². The lowest BCUT2D eigenvalue weighted by Gasteiger charge is -2.21. The fourth-order valence-electron chi connectivity index (χ4n) is 2.05. The summed E-state index contributed by atoms with van der Waals surface area (Å²) < 4.78 is 43.4. The highest BCUT2D eigenvalue weighted by Crippen LogP contribution is 2.23. The van der Waals surface area contributed by atoms with Gasteiger partial charge < -0.3 is 17.7 Å². The van der Waals surface area contributed by atoms with Crippen LogP contribution in [0.1, 0.15) is 24.8 Å². The quantitative estimate of drug-likeness (QED) is 0.593. The van der Waals surface area contributed by atoms with Crippen molar-refractivity contribution in [2.24, 2.45) is 0 Å². The van der Waals surface area contributed by atoms with Gasteiger partial charge in [-0.25, -0.2) is 0 Å². The highest BCUT2D eigenvalue weighted by atomic mass is 19.4. The molecular weight excluding hydrogens is 240 g/mol. The third-order valence-electron chi connectivity index (χ3n) is 3.07. The van der Waals surface area contributed by atoms with E-state index in [2.05, 4.69) is 6.08 Å². The van der Waals surface area contributed by atoms with Crippen LogP contribution < -0.4 is 10.2 Å². The van der Waals surface area contributed by atoms with Gasteiger partial charge >= 0.3 is 6.98 Å². The number of benzene rings is 1. The maximum absolute atomic E-state index is 12.6. The van der Waals surface area contributed by atoms with Crippen LogP contribution in [0.3, 0.4) is 0 Å². The Kier molecular flexibility index (Phi) is 3.69. The molecule has 0 heterocycles. The van der Waals surface area contributed by atoms with E-state index in [4.69, 9.17) is 4.74 Å². The molecule has 1 aliphatic rings. The maximum atomic E-state index is 12.6.